The summed E-state index contributed by atoms with van der Waals surface area (Å²) in [7, 11) is 0. The summed E-state index contributed by atoms with van der Waals surface area (Å²) in [5, 5.41) is 0. The van der Waals surface area contributed by atoms with Crippen LogP contribution in [0.5, 0.6) is 5.88 Å². The minimum Gasteiger partial charge on any atom is -0.477 e. The van der Waals surface area contributed by atoms with Crippen LogP contribution in [0, 0.1) is 0 Å². The van der Waals surface area contributed by atoms with Crippen molar-refractivity contribution in [2.75, 3.05) is 6.61 Å². The molecular weight excluding hydrogens is 162 g/mol. The Balaban J connectivity index is 2.35. The molecule has 2 heteroatoms. The van der Waals surface area contributed by atoms with Gasteiger partial charge in [-0.1, -0.05) is 19.9 Å². The maximum Gasteiger partial charge on any atom is 0.216 e. The summed E-state index contributed by atoms with van der Waals surface area (Å²) in [5.74, 6) is 1.34. The first kappa shape index (κ1) is 8.54. The lowest BCUT2D eigenvalue weighted by Crippen LogP contribution is -2.11. The number of fused-ring (bicyclic) bond motifs is 1. The number of aromatic nitrogens is 1. The van der Waals surface area contributed by atoms with Crippen molar-refractivity contribution in [2.45, 2.75) is 32.6 Å². The van der Waals surface area contributed by atoms with Crippen molar-refractivity contribution in [1.82, 2.24) is 4.98 Å². The van der Waals surface area contributed by atoms with Crippen LogP contribution in [0.3, 0.4) is 0 Å². The molecule has 0 atom stereocenters. The Morgan fingerprint density at radius 2 is 2.23 bits per heavy atom. The lowest BCUT2D eigenvalue weighted by atomic mass is 10.1. The maximum atomic E-state index is 5.50. The van der Waals surface area contributed by atoms with Crippen LogP contribution in [0.4, 0.5) is 0 Å². The smallest absolute Gasteiger partial charge is 0.216 e. The second kappa shape index (κ2) is 3.36. The molecule has 2 rings (SSSR count). The van der Waals surface area contributed by atoms with E-state index in [1.165, 1.54) is 5.56 Å². The zero-order valence-electron chi connectivity index (χ0n) is 8.21. The third-order valence-electron chi connectivity index (χ3n) is 2.38. The third kappa shape index (κ3) is 1.67. The normalized spacial score (nSPS) is 15.3. The molecule has 0 unspecified atom stereocenters. The van der Waals surface area contributed by atoms with Gasteiger partial charge in [0.2, 0.25) is 5.88 Å². The van der Waals surface area contributed by atoms with Crippen LogP contribution in [-0.4, -0.2) is 11.6 Å². The van der Waals surface area contributed by atoms with Crippen LogP contribution in [-0.2, 0) is 6.42 Å². The predicted octanol–water partition coefficient (Wildman–Crippen LogP) is 2.53. The van der Waals surface area contributed by atoms with Gasteiger partial charge in [0, 0.05) is 11.3 Å². The number of nitrogens with zero attached hydrogens (tertiary/aromatic N) is 1. The van der Waals surface area contributed by atoms with E-state index in [9.17, 15) is 0 Å². The van der Waals surface area contributed by atoms with Gasteiger partial charge in [-0.05, 0) is 24.8 Å². The van der Waals surface area contributed by atoms with E-state index < -0.39 is 0 Å². The molecule has 0 N–H and O–H groups in total. The van der Waals surface area contributed by atoms with Crippen LogP contribution in [0.25, 0.3) is 0 Å². The number of hydrogen-bond donors (Lipinski definition) is 0. The first-order valence-electron chi connectivity index (χ1n) is 4.90. The Kier molecular flexibility index (Phi) is 2.21. The Morgan fingerprint density at radius 1 is 1.38 bits per heavy atom. The van der Waals surface area contributed by atoms with Crippen molar-refractivity contribution in [3.05, 3.63) is 23.4 Å². The van der Waals surface area contributed by atoms with Crippen molar-refractivity contribution < 1.29 is 4.74 Å². The number of pyridine rings is 1. The Morgan fingerprint density at radius 3 is 3.00 bits per heavy atom. The molecule has 0 aromatic carbocycles. The van der Waals surface area contributed by atoms with Gasteiger partial charge < -0.3 is 4.74 Å². The topological polar surface area (TPSA) is 22.1 Å². The summed E-state index contributed by atoms with van der Waals surface area (Å²) in [6.45, 7) is 5.12. The van der Waals surface area contributed by atoms with E-state index in [-0.39, 0.29) is 0 Å². The van der Waals surface area contributed by atoms with E-state index in [1.807, 2.05) is 0 Å². The fourth-order valence-electron chi connectivity index (χ4n) is 1.55. The molecule has 0 amide bonds. The van der Waals surface area contributed by atoms with E-state index in [1.54, 1.807) is 0 Å². The monoisotopic (exact) mass is 177 g/mol. The van der Waals surface area contributed by atoms with Gasteiger partial charge in [-0.3, -0.25) is 0 Å². The Bertz CT molecular complexity index is 307. The van der Waals surface area contributed by atoms with Crippen molar-refractivity contribution in [3.8, 4) is 5.88 Å². The summed E-state index contributed by atoms with van der Waals surface area (Å²) < 4.78 is 5.50. The molecular formula is C11H15NO. The summed E-state index contributed by atoms with van der Waals surface area (Å²) in [6.07, 6.45) is 2.23. The minimum atomic E-state index is 0.482. The number of hydrogen-bond acceptors (Lipinski definition) is 2. The molecule has 13 heavy (non-hydrogen) atoms. The molecule has 0 spiro atoms. The first-order valence-corrected chi connectivity index (χ1v) is 4.90. The SMILES string of the molecule is CC(C)c1ccc2c(n1)OCCC2. The van der Waals surface area contributed by atoms with E-state index in [4.69, 9.17) is 4.74 Å². The quantitative estimate of drug-likeness (QED) is 0.657. The summed E-state index contributed by atoms with van der Waals surface area (Å²) in [6, 6.07) is 4.26. The number of ether oxygens (including phenoxy) is 1. The van der Waals surface area contributed by atoms with Crippen molar-refractivity contribution in [2.24, 2.45) is 0 Å². The first-order chi connectivity index (χ1) is 6.27. The third-order valence-corrected chi connectivity index (χ3v) is 2.38. The lowest BCUT2D eigenvalue weighted by molar-refractivity contribution is 0.275. The highest BCUT2D eigenvalue weighted by Crippen LogP contribution is 2.24. The number of aryl methyl sites for hydroxylation is 1. The highest BCUT2D eigenvalue weighted by atomic mass is 16.5. The minimum absolute atomic E-state index is 0.482. The van der Waals surface area contributed by atoms with Crippen LogP contribution in [0.15, 0.2) is 12.1 Å². The van der Waals surface area contributed by atoms with Crippen molar-refractivity contribution in [1.29, 1.82) is 0 Å². The largest absolute Gasteiger partial charge is 0.477 e. The molecule has 1 aromatic rings. The van der Waals surface area contributed by atoms with E-state index >= 15 is 0 Å². The summed E-state index contributed by atoms with van der Waals surface area (Å²) in [5.41, 5.74) is 2.39. The molecule has 0 saturated carbocycles. The van der Waals surface area contributed by atoms with Gasteiger partial charge in [-0.15, -0.1) is 0 Å². The second-order valence-corrected chi connectivity index (χ2v) is 3.81. The van der Waals surface area contributed by atoms with Crippen LogP contribution < -0.4 is 4.74 Å². The zero-order valence-corrected chi connectivity index (χ0v) is 8.21. The molecule has 0 bridgehead atoms. The van der Waals surface area contributed by atoms with Crippen LogP contribution in [0.1, 0.15) is 37.4 Å². The summed E-state index contributed by atoms with van der Waals surface area (Å²) >= 11 is 0. The second-order valence-electron chi connectivity index (χ2n) is 3.81. The van der Waals surface area contributed by atoms with Crippen LogP contribution >= 0.6 is 0 Å². The van der Waals surface area contributed by atoms with Gasteiger partial charge in [0.25, 0.3) is 0 Å². The molecule has 1 aliphatic rings. The number of rotatable bonds is 1. The maximum absolute atomic E-state index is 5.50. The van der Waals surface area contributed by atoms with Gasteiger partial charge in [0.1, 0.15) is 0 Å². The molecule has 2 heterocycles. The standard InChI is InChI=1S/C11H15NO/c1-8(2)10-6-5-9-4-3-7-13-11(9)12-10/h5-6,8H,3-4,7H2,1-2H3. The molecule has 1 aromatic heterocycles. The van der Waals surface area contributed by atoms with Gasteiger partial charge in [-0.2, -0.15) is 0 Å². The molecule has 0 radical (unpaired) electrons. The molecule has 0 aliphatic carbocycles. The van der Waals surface area contributed by atoms with Gasteiger partial charge >= 0.3 is 0 Å². The van der Waals surface area contributed by atoms with Crippen molar-refractivity contribution >= 4 is 0 Å². The van der Waals surface area contributed by atoms with Gasteiger partial charge in [0.15, 0.2) is 0 Å². The average Bonchev–Trinajstić information content (AvgIpc) is 2.17. The fraction of sp³-hybridized carbons (Fsp3) is 0.545. The summed E-state index contributed by atoms with van der Waals surface area (Å²) in [4.78, 5) is 4.49. The lowest BCUT2D eigenvalue weighted by Gasteiger charge is -2.17. The highest BCUT2D eigenvalue weighted by molar-refractivity contribution is 5.30. The molecule has 0 fully saturated rings. The fourth-order valence-corrected chi connectivity index (χ4v) is 1.55. The van der Waals surface area contributed by atoms with Crippen LogP contribution in [0.2, 0.25) is 0 Å². The van der Waals surface area contributed by atoms with Gasteiger partial charge in [0.05, 0.1) is 6.61 Å². The van der Waals surface area contributed by atoms with E-state index in [0.29, 0.717) is 5.92 Å². The van der Waals surface area contributed by atoms with E-state index in [0.717, 1.165) is 31.0 Å². The predicted molar refractivity (Wildman–Crippen MR) is 52.1 cm³/mol. The average molecular weight is 177 g/mol. The molecule has 70 valence electrons. The molecule has 2 nitrogen and oxygen atoms in total. The highest BCUT2D eigenvalue weighted by Gasteiger charge is 2.12. The Labute approximate surface area is 78.9 Å². The van der Waals surface area contributed by atoms with E-state index in [2.05, 4.69) is 31.0 Å². The molecule has 1 aliphatic heterocycles. The Hall–Kier alpha value is -1.05. The van der Waals surface area contributed by atoms with Crippen molar-refractivity contribution in [3.63, 3.8) is 0 Å². The van der Waals surface area contributed by atoms with Gasteiger partial charge in [-0.25, -0.2) is 4.98 Å². The molecule has 0 saturated heterocycles. The zero-order chi connectivity index (χ0) is 9.26.